The van der Waals surface area contributed by atoms with Gasteiger partial charge in [-0.25, -0.2) is 0 Å². The van der Waals surface area contributed by atoms with Crippen LogP contribution in [0.4, 0.5) is 0 Å². The third kappa shape index (κ3) is 4.21. The largest absolute Gasteiger partial charge is 0.336 e. The van der Waals surface area contributed by atoms with E-state index in [9.17, 15) is 4.79 Å². The Morgan fingerprint density at radius 3 is 2.07 bits per heavy atom. The number of rotatable bonds is 5. The molecule has 4 rings (SSSR count). The Morgan fingerprint density at radius 1 is 0.704 bits per heavy atom. The third-order valence-electron chi connectivity index (χ3n) is 4.38. The lowest BCUT2D eigenvalue weighted by Gasteiger charge is -2.19. The van der Waals surface area contributed by atoms with E-state index in [0.717, 1.165) is 10.5 Å². The van der Waals surface area contributed by atoms with Gasteiger partial charge in [-0.3, -0.25) is 4.79 Å². The normalized spacial score (nSPS) is 11.9. The van der Waals surface area contributed by atoms with Crippen LogP contribution < -0.4 is 5.32 Å². The van der Waals surface area contributed by atoms with Crippen molar-refractivity contribution in [1.29, 1.82) is 0 Å². The SMILES string of the molecule is O=C(N[C@@H](Sc1ccc2ccccc2c1)c1ccccc1)c1ccccc1. The molecule has 0 saturated carbocycles. The molecule has 0 aromatic heterocycles. The Labute approximate surface area is 163 Å². The average Bonchev–Trinajstić information content (AvgIpc) is 2.74. The fourth-order valence-electron chi connectivity index (χ4n) is 2.98. The number of amides is 1. The van der Waals surface area contributed by atoms with Crippen molar-refractivity contribution >= 4 is 28.4 Å². The van der Waals surface area contributed by atoms with Gasteiger partial charge in [0.15, 0.2) is 0 Å². The van der Waals surface area contributed by atoms with Crippen molar-refractivity contribution in [3.05, 3.63) is 114 Å². The van der Waals surface area contributed by atoms with Gasteiger partial charge < -0.3 is 5.32 Å². The van der Waals surface area contributed by atoms with Crippen molar-refractivity contribution in [3.63, 3.8) is 0 Å². The summed E-state index contributed by atoms with van der Waals surface area (Å²) in [7, 11) is 0. The van der Waals surface area contributed by atoms with Crippen LogP contribution in [0.15, 0.2) is 108 Å². The van der Waals surface area contributed by atoms with Crippen LogP contribution in [0.1, 0.15) is 21.3 Å². The smallest absolute Gasteiger partial charge is 0.252 e. The Bertz CT molecular complexity index is 1050. The standard InChI is InChI=1S/C24H19NOS/c26-23(19-10-3-1-4-11-19)25-24(20-12-5-2-6-13-20)27-22-16-15-18-9-7-8-14-21(18)17-22/h1-17,24H,(H,25,26)/t24-/m0/s1. The van der Waals surface area contributed by atoms with E-state index in [2.05, 4.69) is 35.6 Å². The first-order valence-corrected chi connectivity index (χ1v) is 9.74. The zero-order valence-electron chi connectivity index (χ0n) is 14.7. The lowest BCUT2D eigenvalue weighted by Crippen LogP contribution is -2.26. The Hall–Kier alpha value is -3.04. The summed E-state index contributed by atoms with van der Waals surface area (Å²) in [6.07, 6.45) is 0. The molecule has 0 bridgehead atoms. The molecular weight excluding hydrogens is 350 g/mol. The number of carbonyl (C=O) groups is 1. The summed E-state index contributed by atoms with van der Waals surface area (Å²) >= 11 is 1.65. The molecule has 0 fully saturated rings. The molecule has 27 heavy (non-hydrogen) atoms. The lowest BCUT2D eigenvalue weighted by molar-refractivity contribution is 0.0949. The maximum absolute atomic E-state index is 12.7. The van der Waals surface area contributed by atoms with E-state index in [1.54, 1.807) is 11.8 Å². The molecule has 0 saturated heterocycles. The number of benzene rings is 4. The second-order valence-corrected chi connectivity index (χ2v) is 7.44. The van der Waals surface area contributed by atoms with Gasteiger partial charge in [0.1, 0.15) is 5.37 Å². The minimum absolute atomic E-state index is 0.0715. The van der Waals surface area contributed by atoms with E-state index in [0.29, 0.717) is 5.56 Å². The van der Waals surface area contributed by atoms with Crippen molar-refractivity contribution in [2.24, 2.45) is 0 Å². The minimum atomic E-state index is -0.167. The predicted molar refractivity (Wildman–Crippen MR) is 113 cm³/mol. The molecule has 0 unspecified atom stereocenters. The van der Waals surface area contributed by atoms with Crippen LogP contribution in [0.25, 0.3) is 10.8 Å². The fraction of sp³-hybridized carbons (Fsp3) is 0.0417. The Balaban J connectivity index is 1.62. The minimum Gasteiger partial charge on any atom is -0.336 e. The molecule has 0 spiro atoms. The summed E-state index contributed by atoms with van der Waals surface area (Å²) in [5.41, 5.74) is 1.73. The van der Waals surface area contributed by atoms with Gasteiger partial charge in [0.2, 0.25) is 0 Å². The lowest BCUT2D eigenvalue weighted by atomic mass is 10.1. The van der Waals surface area contributed by atoms with Crippen molar-refractivity contribution in [3.8, 4) is 0 Å². The molecule has 4 aromatic rings. The van der Waals surface area contributed by atoms with Gasteiger partial charge in [-0.05, 0) is 40.6 Å². The van der Waals surface area contributed by atoms with E-state index in [-0.39, 0.29) is 11.3 Å². The number of hydrogen-bond donors (Lipinski definition) is 1. The van der Waals surface area contributed by atoms with Crippen LogP contribution in [-0.2, 0) is 0 Å². The zero-order chi connectivity index (χ0) is 18.5. The van der Waals surface area contributed by atoms with Crippen molar-refractivity contribution in [2.45, 2.75) is 10.3 Å². The van der Waals surface area contributed by atoms with E-state index in [4.69, 9.17) is 0 Å². The summed E-state index contributed by atoms with van der Waals surface area (Å²) in [5.74, 6) is -0.0715. The molecule has 3 heteroatoms. The van der Waals surface area contributed by atoms with Gasteiger partial charge in [-0.15, -0.1) is 0 Å². The quantitative estimate of drug-likeness (QED) is 0.342. The average molecular weight is 369 g/mol. The molecule has 0 aliphatic heterocycles. The summed E-state index contributed by atoms with van der Waals surface area (Å²) < 4.78 is 0. The zero-order valence-corrected chi connectivity index (χ0v) is 15.5. The van der Waals surface area contributed by atoms with E-state index >= 15 is 0 Å². The van der Waals surface area contributed by atoms with E-state index in [1.807, 2.05) is 72.8 Å². The number of carbonyl (C=O) groups excluding carboxylic acids is 1. The molecule has 0 aliphatic carbocycles. The van der Waals surface area contributed by atoms with Crippen molar-refractivity contribution in [1.82, 2.24) is 5.32 Å². The summed E-state index contributed by atoms with van der Waals surface area (Å²) in [6.45, 7) is 0. The Morgan fingerprint density at radius 2 is 1.33 bits per heavy atom. The van der Waals surface area contributed by atoms with Crippen molar-refractivity contribution in [2.75, 3.05) is 0 Å². The van der Waals surface area contributed by atoms with Gasteiger partial charge in [-0.2, -0.15) is 0 Å². The molecule has 1 atom stereocenters. The Kier molecular flexibility index (Phi) is 5.22. The number of thioether (sulfide) groups is 1. The predicted octanol–water partition coefficient (Wildman–Crippen LogP) is 6.06. The highest BCUT2D eigenvalue weighted by Crippen LogP contribution is 2.34. The van der Waals surface area contributed by atoms with Crippen LogP contribution in [0.5, 0.6) is 0 Å². The van der Waals surface area contributed by atoms with Crippen LogP contribution in [-0.4, -0.2) is 5.91 Å². The molecule has 4 aromatic carbocycles. The highest BCUT2D eigenvalue weighted by Gasteiger charge is 2.17. The van der Waals surface area contributed by atoms with Crippen LogP contribution >= 0.6 is 11.8 Å². The van der Waals surface area contributed by atoms with Gasteiger partial charge in [0, 0.05) is 10.5 Å². The molecule has 132 valence electrons. The molecule has 0 heterocycles. The molecular formula is C24H19NOS. The highest BCUT2D eigenvalue weighted by atomic mass is 32.2. The van der Waals surface area contributed by atoms with Crippen molar-refractivity contribution < 1.29 is 4.79 Å². The third-order valence-corrected chi connectivity index (χ3v) is 5.53. The number of nitrogens with one attached hydrogen (secondary N) is 1. The molecule has 0 aliphatic rings. The first kappa shape index (κ1) is 17.4. The van der Waals surface area contributed by atoms with Crippen LogP contribution in [0.2, 0.25) is 0 Å². The van der Waals surface area contributed by atoms with Gasteiger partial charge >= 0.3 is 0 Å². The summed E-state index contributed by atoms with van der Waals surface area (Å²) in [4.78, 5) is 13.8. The maximum atomic E-state index is 12.7. The van der Waals surface area contributed by atoms with E-state index < -0.39 is 0 Å². The van der Waals surface area contributed by atoms with Crippen LogP contribution in [0, 0.1) is 0 Å². The first-order valence-electron chi connectivity index (χ1n) is 8.86. The topological polar surface area (TPSA) is 29.1 Å². The monoisotopic (exact) mass is 369 g/mol. The molecule has 1 amide bonds. The second kappa shape index (κ2) is 8.11. The fourth-order valence-corrected chi connectivity index (χ4v) is 4.05. The number of hydrogen-bond acceptors (Lipinski definition) is 2. The van der Waals surface area contributed by atoms with Gasteiger partial charge in [0.25, 0.3) is 5.91 Å². The van der Waals surface area contributed by atoms with Gasteiger partial charge in [0.05, 0.1) is 0 Å². The summed E-state index contributed by atoms with van der Waals surface area (Å²) in [6, 6.07) is 34.1. The summed E-state index contributed by atoms with van der Waals surface area (Å²) in [5, 5.41) is 5.42. The molecule has 1 N–H and O–H groups in total. The highest BCUT2D eigenvalue weighted by molar-refractivity contribution is 7.99. The van der Waals surface area contributed by atoms with Crippen LogP contribution in [0.3, 0.4) is 0 Å². The first-order chi connectivity index (χ1) is 13.3. The second-order valence-electron chi connectivity index (χ2n) is 6.26. The number of fused-ring (bicyclic) bond motifs is 1. The molecule has 2 nitrogen and oxygen atoms in total. The maximum Gasteiger partial charge on any atom is 0.252 e. The molecule has 0 radical (unpaired) electrons. The van der Waals surface area contributed by atoms with E-state index in [1.165, 1.54) is 10.8 Å². The van der Waals surface area contributed by atoms with Gasteiger partial charge in [-0.1, -0.05) is 90.6 Å².